The Morgan fingerprint density at radius 2 is 0.494 bits per heavy atom. The number of esters is 3. The Kier molecular flexibility index (Phi) is 62.8. The monoisotopic (exact) mass is 1090 g/mol. The van der Waals surface area contributed by atoms with Crippen molar-refractivity contribution in [1.82, 2.24) is 0 Å². The molecule has 0 rings (SSSR count). The molecule has 0 amide bonds. The highest BCUT2D eigenvalue weighted by molar-refractivity contribution is 5.71. The summed E-state index contributed by atoms with van der Waals surface area (Å²) in [5, 5.41) is 0. The minimum absolute atomic E-state index is 0.0971. The van der Waals surface area contributed by atoms with Crippen LogP contribution in [0.5, 0.6) is 0 Å². The van der Waals surface area contributed by atoms with Crippen LogP contribution < -0.4 is 0 Å². The fourth-order valence-corrected chi connectivity index (χ4v) is 8.98. The molecule has 0 heterocycles. The number of rotatable bonds is 59. The van der Waals surface area contributed by atoms with Crippen LogP contribution in [-0.2, 0) is 28.6 Å². The molecule has 0 aliphatic rings. The van der Waals surface area contributed by atoms with E-state index < -0.39 is 6.10 Å². The molecular weight excluding hydrogens is 973 g/mol. The van der Waals surface area contributed by atoms with Gasteiger partial charge in [0.15, 0.2) is 6.10 Å². The van der Waals surface area contributed by atoms with E-state index in [9.17, 15) is 14.4 Å². The summed E-state index contributed by atoms with van der Waals surface area (Å²) in [4.78, 5) is 38.4. The lowest BCUT2D eigenvalue weighted by molar-refractivity contribution is -0.167. The Morgan fingerprint density at radius 1 is 0.266 bits per heavy atom. The van der Waals surface area contributed by atoms with Crippen LogP contribution in [-0.4, -0.2) is 37.2 Å². The summed E-state index contributed by atoms with van der Waals surface area (Å²) in [6.07, 6.45) is 92.0. The van der Waals surface area contributed by atoms with E-state index in [1.807, 2.05) is 0 Å². The van der Waals surface area contributed by atoms with E-state index in [-0.39, 0.29) is 31.1 Å². The minimum Gasteiger partial charge on any atom is -0.462 e. The first-order chi connectivity index (χ1) is 39.0. The lowest BCUT2D eigenvalue weighted by atomic mass is 10.1. The molecular formula is C73H122O6. The molecule has 0 aliphatic carbocycles. The van der Waals surface area contributed by atoms with Crippen molar-refractivity contribution in [1.29, 1.82) is 0 Å². The first kappa shape index (κ1) is 74.8. The maximum atomic E-state index is 12.9. The van der Waals surface area contributed by atoms with Gasteiger partial charge in [-0.25, -0.2) is 0 Å². The smallest absolute Gasteiger partial charge is 0.306 e. The first-order valence-electron chi connectivity index (χ1n) is 33.0. The molecule has 0 aromatic heterocycles. The van der Waals surface area contributed by atoms with E-state index in [1.54, 1.807) is 0 Å². The lowest BCUT2D eigenvalue weighted by Gasteiger charge is -2.18. The Hall–Kier alpha value is -4.19. The van der Waals surface area contributed by atoms with Crippen LogP contribution in [0.25, 0.3) is 0 Å². The van der Waals surface area contributed by atoms with Crippen molar-refractivity contribution in [3.63, 3.8) is 0 Å². The van der Waals surface area contributed by atoms with Crippen LogP contribution in [0.2, 0.25) is 0 Å². The zero-order valence-corrected chi connectivity index (χ0v) is 51.6. The molecule has 0 bridgehead atoms. The lowest BCUT2D eigenvalue weighted by Crippen LogP contribution is -2.30. The van der Waals surface area contributed by atoms with Crippen LogP contribution in [0.3, 0.4) is 0 Å². The third-order valence-corrected chi connectivity index (χ3v) is 13.9. The predicted molar refractivity (Wildman–Crippen MR) is 343 cm³/mol. The molecule has 1 atom stereocenters. The van der Waals surface area contributed by atoms with Crippen LogP contribution in [0, 0.1) is 0 Å². The molecule has 6 heteroatoms. The van der Waals surface area contributed by atoms with Crippen LogP contribution in [0.15, 0.2) is 122 Å². The number of unbranched alkanes of at least 4 members (excludes halogenated alkanes) is 28. The van der Waals surface area contributed by atoms with E-state index in [2.05, 4.69) is 142 Å². The van der Waals surface area contributed by atoms with Gasteiger partial charge in [0.2, 0.25) is 0 Å². The number of ether oxygens (including phenoxy) is 3. The Morgan fingerprint density at radius 3 is 0.810 bits per heavy atom. The molecule has 0 spiro atoms. The summed E-state index contributed by atoms with van der Waals surface area (Å²) < 4.78 is 16.9. The first-order valence-corrected chi connectivity index (χ1v) is 33.0. The van der Waals surface area contributed by atoms with Gasteiger partial charge in [0.25, 0.3) is 0 Å². The summed E-state index contributed by atoms with van der Waals surface area (Å²) in [7, 11) is 0. The topological polar surface area (TPSA) is 78.9 Å². The highest BCUT2D eigenvalue weighted by atomic mass is 16.6. The quantitative estimate of drug-likeness (QED) is 0.0261. The van der Waals surface area contributed by atoms with E-state index in [0.29, 0.717) is 25.7 Å². The highest BCUT2D eigenvalue weighted by Crippen LogP contribution is 2.15. The molecule has 450 valence electrons. The van der Waals surface area contributed by atoms with Gasteiger partial charge < -0.3 is 14.2 Å². The van der Waals surface area contributed by atoms with Crippen molar-refractivity contribution in [2.75, 3.05) is 13.2 Å². The summed E-state index contributed by atoms with van der Waals surface area (Å²) >= 11 is 0. The second kappa shape index (κ2) is 66.3. The SMILES string of the molecule is CC/C=C\C/C=C\C/C=C\C/C=C\C/C=C\C/C=C\C/C=C\C/C=C\CCCCC(=O)OCC(COC(=O)CCCCCCCCC/C=C\CCCCCCCC)OC(=O)CCCCCCCCC/C=C\CCCCCCCC. The molecule has 79 heavy (non-hydrogen) atoms. The minimum atomic E-state index is -0.805. The zero-order chi connectivity index (χ0) is 57.1. The molecule has 0 saturated heterocycles. The summed E-state index contributed by atoms with van der Waals surface area (Å²) in [5.74, 6) is -0.944. The Bertz CT molecular complexity index is 1640. The van der Waals surface area contributed by atoms with Gasteiger partial charge in [-0.3, -0.25) is 14.4 Å². The van der Waals surface area contributed by atoms with Gasteiger partial charge in [-0.1, -0.05) is 271 Å². The van der Waals surface area contributed by atoms with Gasteiger partial charge in [0.05, 0.1) is 0 Å². The van der Waals surface area contributed by atoms with Crippen LogP contribution >= 0.6 is 0 Å². The molecule has 0 aromatic carbocycles. The number of carbonyl (C=O) groups excluding carboxylic acids is 3. The number of hydrogen-bond acceptors (Lipinski definition) is 6. The summed E-state index contributed by atoms with van der Waals surface area (Å²) in [6, 6.07) is 0. The van der Waals surface area contributed by atoms with E-state index in [1.165, 1.54) is 154 Å². The zero-order valence-electron chi connectivity index (χ0n) is 51.6. The molecule has 0 aliphatic heterocycles. The number of carbonyl (C=O) groups is 3. The Labute approximate surface area is 488 Å². The molecule has 1 unspecified atom stereocenters. The maximum Gasteiger partial charge on any atom is 0.306 e. The third kappa shape index (κ3) is 64.5. The van der Waals surface area contributed by atoms with Crippen molar-refractivity contribution in [2.45, 2.75) is 309 Å². The maximum absolute atomic E-state index is 12.9. The molecule has 0 saturated carbocycles. The van der Waals surface area contributed by atoms with Crippen LogP contribution in [0.4, 0.5) is 0 Å². The Balaban J connectivity index is 4.46. The van der Waals surface area contributed by atoms with Crippen molar-refractivity contribution >= 4 is 17.9 Å². The van der Waals surface area contributed by atoms with E-state index in [0.717, 1.165) is 103 Å². The fourth-order valence-electron chi connectivity index (χ4n) is 8.98. The van der Waals surface area contributed by atoms with Gasteiger partial charge in [0, 0.05) is 19.3 Å². The van der Waals surface area contributed by atoms with Gasteiger partial charge >= 0.3 is 17.9 Å². The van der Waals surface area contributed by atoms with Gasteiger partial charge in [0.1, 0.15) is 13.2 Å². The molecule has 0 aromatic rings. The van der Waals surface area contributed by atoms with E-state index >= 15 is 0 Å². The molecule has 0 fully saturated rings. The van der Waals surface area contributed by atoms with Gasteiger partial charge in [-0.2, -0.15) is 0 Å². The molecule has 0 radical (unpaired) electrons. The van der Waals surface area contributed by atoms with E-state index in [4.69, 9.17) is 14.2 Å². The normalized spacial score (nSPS) is 12.9. The van der Waals surface area contributed by atoms with Gasteiger partial charge in [-0.05, 0) is 135 Å². The van der Waals surface area contributed by atoms with Crippen molar-refractivity contribution in [3.8, 4) is 0 Å². The van der Waals surface area contributed by atoms with Crippen molar-refractivity contribution in [3.05, 3.63) is 122 Å². The fraction of sp³-hybridized carbons (Fsp3) is 0.685. The van der Waals surface area contributed by atoms with Crippen molar-refractivity contribution < 1.29 is 28.6 Å². The largest absolute Gasteiger partial charge is 0.462 e. The average Bonchev–Trinajstić information content (AvgIpc) is 3.45. The predicted octanol–water partition coefficient (Wildman–Crippen LogP) is 22.8. The third-order valence-electron chi connectivity index (χ3n) is 13.9. The van der Waals surface area contributed by atoms with Crippen LogP contribution in [0.1, 0.15) is 303 Å². The summed E-state index contributed by atoms with van der Waals surface area (Å²) in [6.45, 7) is 6.49. The molecule has 0 N–H and O–H groups in total. The molecule has 6 nitrogen and oxygen atoms in total. The second-order valence-electron chi connectivity index (χ2n) is 21.6. The van der Waals surface area contributed by atoms with Gasteiger partial charge in [-0.15, -0.1) is 0 Å². The highest BCUT2D eigenvalue weighted by Gasteiger charge is 2.19. The average molecular weight is 1100 g/mol. The van der Waals surface area contributed by atoms with Crippen molar-refractivity contribution in [2.24, 2.45) is 0 Å². The summed E-state index contributed by atoms with van der Waals surface area (Å²) in [5.41, 5.74) is 0. The number of hydrogen-bond donors (Lipinski definition) is 0. The standard InChI is InChI=1S/C73H122O6/c1-4-7-10-13-16-19-22-25-28-31-32-33-34-35-36-37-38-39-40-43-45-48-51-54-57-60-63-66-72(75)78-69-70(79-73(76)67-64-61-58-55-52-49-46-42-30-27-24-21-18-15-12-9-6-3)68-77-71(74)65-62-59-56-53-50-47-44-41-29-26-23-20-17-14-11-8-5-2/h7,10,16,19,25-30,32-33,35-36,38-39,43,45,51,54,70H,4-6,8-9,11-15,17-18,20-24,31,34,37,40-42,44,46-50,52-53,55-69H2,1-3H3/b10-7-,19-16-,28-25-,29-26-,30-27-,33-32-,36-35-,39-38-,45-43-,54-51-. The number of allylic oxidation sites excluding steroid dienone is 20. The second-order valence-corrected chi connectivity index (χ2v) is 21.6.